The first-order chi connectivity index (χ1) is 12.6. The van der Waals surface area contributed by atoms with E-state index in [1.807, 2.05) is 47.2 Å². The molecule has 1 atom stereocenters. The predicted octanol–water partition coefficient (Wildman–Crippen LogP) is 2.14. The number of fused-ring (bicyclic) bond motifs is 5. The van der Waals surface area contributed by atoms with Crippen LogP contribution in [0.25, 0.3) is 16.6 Å². The SMILES string of the molecule is Cn1c(=O)c2cn3c(c2n(C)c1=O)[C@@H](c1ccco1)Nc1ccccc1-3. The molecule has 1 N–H and O–H groups in total. The standard InChI is InChI=1S/C19H16N4O3/c1-21-16-11(18(24)22(2)19(21)25)10-23-13-7-4-3-6-12(13)20-15(17(16)23)14-8-5-9-26-14/h3-10,15,20H,1-2H3/t15-/m1/s1. The number of aryl methyl sites for hydroxylation is 1. The zero-order chi connectivity index (χ0) is 18.0. The van der Waals surface area contributed by atoms with Crippen molar-refractivity contribution in [1.29, 1.82) is 0 Å². The van der Waals surface area contributed by atoms with Gasteiger partial charge in [-0.05, 0) is 24.3 Å². The van der Waals surface area contributed by atoms with Crippen molar-refractivity contribution in [1.82, 2.24) is 13.7 Å². The van der Waals surface area contributed by atoms with E-state index in [9.17, 15) is 9.59 Å². The number of rotatable bonds is 1. The third kappa shape index (κ3) is 1.77. The molecule has 0 bridgehead atoms. The van der Waals surface area contributed by atoms with Crippen molar-refractivity contribution in [2.75, 3.05) is 5.32 Å². The first-order valence-corrected chi connectivity index (χ1v) is 8.28. The molecule has 5 rings (SSSR count). The Balaban J connectivity index is 1.98. The summed E-state index contributed by atoms with van der Waals surface area (Å²) < 4.78 is 10.3. The molecule has 0 amide bonds. The molecular formula is C19H16N4O3. The van der Waals surface area contributed by atoms with Gasteiger partial charge < -0.3 is 14.3 Å². The molecule has 0 aliphatic carbocycles. The number of nitrogens with zero attached hydrogens (tertiary/aromatic N) is 3. The molecular weight excluding hydrogens is 332 g/mol. The molecule has 26 heavy (non-hydrogen) atoms. The average Bonchev–Trinajstić information content (AvgIpc) is 3.32. The highest BCUT2D eigenvalue weighted by molar-refractivity contribution is 5.86. The molecule has 130 valence electrons. The van der Waals surface area contributed by atoms with Crippen LogP contribution in [0.1, 0.15) is 17.5 Å². The summed E-state index contributed by atoms with van der Waals surface area (Å²) in [7, 11) is 3.18. The maximum absolute atomic E-state index is 12.7. The lowest BCUT2D eigenvalue weighted by Gasteiger charge is -2.28. The summed E-state index contributed by atoms with van der Waals surface area (Å²) in [6.45, 7) is 0. The lowest BCUT2D eigenvalue weighted by Crippen LogP contribution is -2.37. The van der Waals surface area contributed by atoms with Gasteiger partial charge in [-0.15, -0.1) is 0 Å². The van der Waals surface area contributed by atoms with Crippen LogP contribution in [0.4, 0.5) is 5.69 Å². The number of hydrogen-bond donors (Lipinski definition) is 1. The van der Waals surface area contributed by atoms with Gasteiger partial charge in [0.2, 0.25) is 0 Å². The molecule has 4 heterocycles. The fourth-order valence-electron chi connectivity index (χ4n) is 3.78. The Bertz CT molecular complexity index is 1270. The number of benzene rings is 1. The number of anilines is 1. The van der Waals surface area contributed by atoms with Crippen molar-refractivity contribution in [3.05, 3.63) is 81.2 Å². The van der Waals surface area contributed by atoms with E-state index in [1.165, 1.54) is 11.6 Å². The molecule has 1 aliphatic rings. The van der Waals surface area contributed by atoms with E-state index in [-0.39, 0.29) is 17.3 Å². The summed E-state index contributed by atoms with van der Waals surface area (Å²) in [4.78, 5) is 25.2. The second-order valence-electron chi connectivity index (χ2n) is 6.46. The number of furan rings is 1. The minimum Gasteiger partial charge on any atom is -0.467 e. The van der Waals surface area contributed by atoms with E-state index in [1.54, 1.807) is 13.3 Å². The lowest BCUT2D eigenvalue weighted by atomic mass is 10.1. The molecule has 1 aliphatic heterocycles. The van der Waals surface area contributed by atoms with E-state index in [0.717, 1.165) is 21.6 Å². The zero-order valence-corrected chi connectivity index (χ0v) is 14.3. The minimum atomic E-state index is -0.353. The van der Waals surface area contributed by atoms with E-state index in [2.05, 4.69) is 5.32 Å². The van der Waals surface area contributed by atoms with Gasteiger partial charge in [-0.2, -0.15) is 0 Å². The summed E-state index contributed by atoms with van der Waals surface area (Å²) in [5.41, 5.74) is 2.63. The van der Waals surface area contributed by atoms with E-state index < -0.39 is 0 Å². The van der Waals surface area contributed by atoms with Gasteiger partial charge in [0, 0.05) is 20.3 Å². The topological polar surface area (TPSA) is 74.1 Å². The third-order valence-electron chi connectivity index (χ3n) is 5.02. The Hall–Kier alpha value is -3.48. The summed E-state index contributed by atoms with van der Waals surface area (Å²) in [5.74, 6) is 0.717. The highest BCUT2D eigenvalue weighted by atomic mass is 16.3. The zero-order valence-electron chi connectivity index (χ0n) is 14.3. The van der Waals surface area contributed by atoms with Crippen molar-refractivity contribution in [3.63, 3.8) is 0 Å². The minimum absolute atomic E-state index is 0.305. The van der Waals surface area contributed by atoms with Crippen molar-refractivity contribution >= 4 is 16.6 Å². The maximum Gasteiger partial charge on any atom is 0.331 e. The van der Waals surface area contributed by atoms with Gasteiger partial charge in [-0.1, -0.05) is 12.1 Å². The van der Waals surface area contributed by atoms with E-state index in [4.69, 9.17) is 4.42 Å². The first kappa shape index (κ1) is 14.8. The molecule has 3 aromatic heterocycles. The lowest BCUT2D eigenvalue weighted by molar-refractivity contribution is 0.492. The van der Waals surface area contributed by atoms with Crippen LogP contribution in [-0.2, 0) is 14.1 Å². The quantitative estimate of drug-likeness (QED) is 0.572. The van der Waals surface area contributed by atoms with Crippen LogP contribution in [0, 0.1) is 0 Å². The second-order valence-corrected chi connectivity index (χ2v) is 6.46. The van der Waals surface area contributed by atoms with Crippen LogP contribution in [0.15, 0.2) is 62.9 Å². The highest BCUT2D eigenvalue weighted by Crippen LogP contribution is 2.40. The molecule has 7 nitrogen and oxygen atoms in total. The largest absolute Gasteiger partial charge is 0.467 e. The Morgan fingerprint density at radius 1 is 1.04 bits per heavy atom. The monoisotopic (exact) mass is 348 g/mol. The summed E-state index contributed by atoms with van der Waals surface area (Å²) in [6, 6.07) is 11.3. The Kier molecular flexibility index (Phi) is 2.86. The Morgan fingerprint density at radius 2 is 1.85 bits per heavy atom. The maximum atomic E-state index is 12.7. The first-order valence-electron chi connectivity index (χ1n) is 8.28. The second kappa shape index (κ2) is 5.01. The van der Waals surface area contributed by atoms with Crippen LogP contribution < -0.4 is 16.6 Å². The van der Waals surface area contributed by atoms with Crippen LogP contribution in [0.2, 0.25) is 0 Å². The summed E-state index contributed by atoms with van der Waals surface area (Å²) in [5, 5.41) is 3.98. The van der Waals surface area contributed by atoms with Gasteiger partial charge >= 0.3 is 5.69 Å². The average molecular weight is 348 g/mol. The van der Waals surface area contributed by atoms with E-state index in [0.29, 0.717) is 16.7 Å². The van der Waals surface area contributed by atoms with Gasteiger partial charge in [-0.3, -0.25) is 13.9 Å². The molecule has 0 radical (unpaired) electrons. The summed E-state index contributed by atoms with van der Waals surface area (Å²) in [6.07, 6.45) is 3.42. The molecule has 7 heteroatoms. The summed E-state index contributed by atoms with van der Waals surface area (Å²) >= 11 is 0. The number of nitrogens with one attached hydrogen (secondary N) is 1. The van der Waals surface area contributed by atoms with Crippen LogP contribution >= 0.6 is 0 Å². The smallest absolute Gasteiger partial charge is 0.331 e. The van der Waals surface area contributed by atoms with E-state index >= 15 is 0 Å². The molecule has 0 saturated carbocycles. The molecule has 1 aromatic carbocycles. The Morgan fingerprint density at radius 3 is 2.62 bits per heavy atom. The van der Waals surface area contributed by atoms with Gasteiger partial charge in [0.25, 0.3) is 5.56 Å². The van der Waals surface area contributed by atoms with Crippen LogP contribution in [-0.4, -0.2) is 13.7 Å². The van der Waals surface area contributed by atoms with Gasteiger partial charge in [0.05, 0.1) is 34.2 Å². The highest BCUT2D eigenvalue weighted by Gasteiger charge is 2.32. The number of aromatic nitrogens is 3. The fourth-order valence-corrected chi connectivity index (χ4v) is 3.78. The molecule has 4 aromatic rings. The van der Waals surface area contributed by atoms with Gasteiger partial charge in [0.1, 0.15) is 11.8 Å². The molecule has 0 unspecified atom stereocenters. The molecule has 0 fully saturated rings. The van der Waals surface area contributed by atoms with Crippen molar-refractivity contribution in [2.24, 2.45) is 14.1 Å². The predicted molar refractivity (Wildman–Crippen MR) is 97.9 cm³/mol. The number of para-hydroxylation sites is 2. The van der Waals surface area contributed by atoms with Crippen molar-refractivity contribution < 1.29 is 4.42 Å². The van der Waals surface area contributed by atoms with Crippen LogP contribution in [0.5, 0.6) is 0 Å². The van der Waals surface area contributed by atoms with Crippen LogP contribution in [0.3, 0.4) is 0 Å². The van der Waals surface area contributed by atoms with Crippen molar-refractivity contribution in [3.8, 4) is 5.69 Å². The fraction of sp³-hybridized carbons (Fsp3) is 0.158. The normalized spacial score (nSPS) is 15.5. The van der Waals surface area contributed by atoms with Gasteiger partial charge in [-0.25, -0.2) is 4.79 Å². The molecule has 0 saturated heterocycles. The number of hydrogen-bond acceptors (Lipinski definition) is 4. The van der Waals surface area contributed by atoms with Gasteiger partial charge in [0.15, 0.2) is 0 Å². The molecule has 0 spiro atoms. The third-order valence-corrected chi connectivity index (χ3v) is 5.02. The van der Waals surface area contributed by atoms with Crippen molar-refractivity contribution in [2.45, 2.75) is 6.04 Å². The Labute approximate surface area is 147 Å².